The zero-order chi connectivity index (χ0) is 16.2. The van der Waals surface area contributed by atoms with Crippen molar-refractivity contribution >= 4 is 22.0 Å². The molecule has 1 rings (SSSR count). The molecule has 0 fully saturated rings. The summed E-state index contributed by atoms with van der Waals surface area (Å²) >= 11 is 0. The lowest BCUT2D eigenvalue weighted by atomic mass is 10.1. The maximum Gasteiger partial charge on any atom is 0.308 e. The van der Waals surface area contributed by atoms with Crippen molar-refractivity contribution < 1.29 is 32.6 Å². The van der Waals surface area contributed by atoms with Crippen LogP contribution in [0.5, 0.6) is 0 Å². The third kappa shape index (κ3) is 4.80. The lowest BCUT2D eigenvalue weighted by molar-refractivity contribution is -0.147. The smallest absolute Gasteiger partial charge is 0.308 e. The Hall–Kier alpha value is -2.00. The molecule has 116 valence electrons. The predicted octanol–water partition coefficient (Wildman–Crippen LogP) is 0.588. The number of carboxylic acid groups (broad SMARTS) is 2. The Morgan fingerprint density at radius 1 is 1.33 bits per heavy atom. The molecule has 7 nitrogen and oxygen atoms in total. The fourth-order valence-electron chi connectivity index (χ4n) is 1.54. The number of hydrogen-bond donors (Lipinski definition) is 3. The minimum Gasteiger partial charge on any atom is -0.481 e. The molecule has 0 saturated heterocycles. The van der Waals surface area contributed by atoms with Crippen LogP contribution < -0.4 is 4.72 Å². The third-order valence-corrected chi connectivity index (χ3v) is 4.15. The first-order valence-corrected chi connectivity index (χ1v) is 7.32. The molecule has 0 spiro atoms. The van der Waals surface area contributed by atoms with Crippen LogP contribution in [-0.4, -0.2) is 37.1 Å². The molecule has 0 radical (unpaired) electrons. The zero-order valence-electron chi connectivity index (χ0n) is 11.0. The van der Waals surface area contributed by atoms with Crippen molar-refractivity contribution in [2.45, 2.75) is 18.2 Å². The Morgan fingerprint density at radius 3 is 2.43 bits per heavy atom. The van der Waals surface area contributed by atoms with Crippen LogP contribution in [0.2, 0.25) is 0 Å². The van der Waals surface area contributed by atoms with Gasteiger partial charge in [0.1, 0.15) is 5.82 Å². The number of nitrogens with one attached hydrogen (secondary N) is 1. The van der Waals surface area contributed by atoms with E-state index in [9.17, 15) is 22.4 Å². The lowest BCUT2D eigenvalue weighted by Crippen LogP contribution is -2.34. The van der Waals surface area contributed by atoms with Gasteiger partial charge in [-0.1, -0.05) is 0 Å². The van der Waals surface area contributed by atoms with E-state index in [0.29, 0.717) is 0 Å². The van der Waals surface area contributed by atoms with Crippen LogP contribution in [0.1, 0.15) is 12.0 Å². The van der Waals surface area contributed by atoms with E-state index in [1.54, 1.807) is 0 Å². The van der Waals surface area contributed by atoms with E-state index in [2.05, 4.69) is 0 Å². The molecule has 0 aliphatic carbocycles. The Balaban J connectivity index is 2.86. The van der Waals surface area contributed by atoms with Gasteiger partial charge in [-0.3, -0.25) is 9.59 Å². The number of halogens is 1. The second-order valence-corrected chi connectivity index (χ2v) is 6.16. The van der Waals surface area contributed by atoms with Gasteiger partial charge in [0, 0.05) is 6.54 Å². The Bertz CT molecular complexity index is 658. The number of aryl methyl sites for hydroxylation is 1. The van der Waals surface area contributed by atoms with Gasteiger partial charge in [0.15, 0.2) is 0 Å². The first-order valence-electron chi connectivity index (χ1n) is 5.84. The number of benzene rings is 1. The number of rotatable bonds is 7. The molecule has 0 amide bonds. The van der Waals surface area contributed by atoms with Gasteiger partial charge in [-0.25, -0.2) is 17.5 Å². The number of sulfonamides is 1. The average Bonchev–Trinajstić information content (AvgIpc) is 2.37. The number of carbonyl (C=O) groups is 2. The maximum absolute atomic E-state index is 13.1. The van der Waals surface area contributed by atoms with Crippen LogP contribution >= 0.6 is 0 Å². The minimum atomic E-state index is -4.04. The molecule has 1 aromatic rings. The largest absolute Gasteiger partial charge is 0.481 e. The molecule has 0 saturated carbocycles. The van der Waals surface area contributed by atoms with E-state index < -0.39 is 46.7 Å². The molecule has 0 aliphatic rings. The van der Waals surface area contributed by atoms with E-state index in [1.807, 2.05) is 4.72 Å². The van der Waals surface area contributed by atoms with Crippen LogP contribution in [0.25, 0.3) is 0 Å². The summed E-state index contributed by atoms with van der Waals surface area (Å²) < 4.78 is 39.0. The van der Waals surface area contributed by atoms with Gasteiger partial charge in [-0.2, -0.15) is 0 Å². The Labute approximate surface area is 120 Å². The summed E-state index contributed by atoms with van der Waals surface area (Å²) in [5.74, 6) is -4.73. The zero-order valence-corrected chi connectivity index (χ0v) is 11.9. The Morgan fingerprint density at radius 2 is 1.95 bits per heavy atom. The summed E-state index contributed by atoms with van der Waals surface area (Å²) in [4.78, 5) is 21.1. The van der Waals surface area contributed by atoms with E-state index in [0.717, 1.165) is 18.2 Å². The first kappa shape index (κ1) is 17.1. The second kappa shape index (κ2) is 6.64. The van der Waals surface area contributed by atoms with Gasteiger partial charge in [0.25, 0.3) is 0 Å². The SMILES string of the molecule is Cc1cc(S(=O)(=O)NCC(CC(=O)O)C(=O)O)ccc1F. The van der Waals surface area contributed by atoms with Crippen LogP contribution in [-0.2, 0) is 19.6 Å². The van der Waals surface area contributed by atoms with Crippen molar-refractivity contribution in [3.05, 3.63) is 29.6 Å². The average molecular weight is 319 g/mol. The quantitative estimate of drug-likeness (QED) is 0.676. The number of aliphatic carboxylic acids is 2. The summed E-state index contributed by atoms with van der Waals surface area (Å²) in [5, 5.41) is 17.4. The van der Waals surface area contributed by atoms with Crippen molar-refractivity contribution in [2.75, 3.05) is 6.54 Å². The Kier molecular flexibility index (Phi) is 5.39. The van der Waals surface area contributed by atoms with E-state index in [1.165, 1.54) is 6.92 Å². The molecule has 1 aromatic carbocycles. The maximum atomic E-state index is 13.1. The summed E-state index contributed by atoms with van der Waals surface area (Å²) in [6, 6.07) is 3.12. The fourth-order valence-corrected chi connectivity index (χ4v) is 2.70. The highest BCUT2D eigenvalue weighted by atomic mass is 32.2. The highest BCUT2D eigenvalue weighted by Gasteiger charge is 2.24. The van der Waals surface area contributed by atoms with Gasteiger partial charge in [-0.15, -0.1) is 0 Å². The molecule has 9 heteroatoms. The first-order chi connectivity index (χ1) is 9.63. The molecule has 1 unspecified atom stereocenters. The highest BCUT2D eigenvalue weighted by molar-refractivity contribution is 7.89. The molecular weight excluding hydrogens is 305 g/mol. The molecular formula is C12H14FNO6S. The van der Waals surface area contributed by atoms with E-state index in [4.69, 9.17) is 10.2 Å². The van der Waals surface area contributed by atoms with Gasteiger partial charge in [0.05, 0.1) is 17.2 Å². The summed E-state index contributed by atoms with van der Waals surface area (Å²) in [6.45, 7) is 0.819. The molecule has 3 N–H and O–H groups in total. The van der Waals surface area contributed by atoms with E-state index >= 15 is 0 Å². The second-order valence-electron chi connectivity index (χ2n) is 4.40. The van der Waals surface area contributed by atoms with Crippen molar-refractivity contribution in [1.29, 1.82) is 0 Å². The molecule has 0 aliphatic heterocycles. The minimum absolute atomic E-state index is 0.123. The summed E-state index contributed by atoms with van der Waals surface area (Å²) in [6.07, 6.45) is -0.708. The molecule has 1 atom stereocenters. The predicted molar refractivity (Wildman–Crippen MR) is 69.7 cm³/mol. The topological polar surface area (TPSA) is 121 Å². The molecule has 0 bridgehead atoms. The lowest BCUT2D eigenvalue weighted by Gasteiger charge is -2.12. The number of carboxylic acids is 2. The van der Waals surface area contributed by atoms with Gasteiger partial charge >= 0.3 is 11.9 Å². The monoisotopic (exact) mass is 319 g/mol. The fraction of sp³-hybridized carbons (Fsp3) is 0.333. The van der Waals surface area contributed by atoms with Crippen molar-refractivity contribution in [2.24, 2.45) is 5.92 Å². The van der Waals surface area contributed by atoms with Gasteiger partial charge in [-0.05, 0) is 30.7 Å². The van der Waals surface area contributed by atoms with Gasteiger partial charge in [0.2, 0.25) is 10.0 Å². The molecule has 0 aromatic heterocycles. The number of hydrogen-bond acceptors (Lipinski definition) is 4. The summed E-state index contributed by atoms with van der Waals surface area (Å²) in [5.41, 5.74) is 0.123. The van der Waals surface area contributed by atoms with Gasteiger partial charge < -0.3 is 10.2 Å². The summed E-state index contributed by atoms with van der Waals surface area (Å²) in [7, 11) is -4.04. The van der Waals surface area contributed by atoms with Crippen molar-refractivity contribution in [3.8, 4) is 0 Å². The van der Waals surface area contributed by atoms with Crippen LogP contribution in [0.3, 0.4) is 0 Å². The van der Waals surface area contributed by atoms with Crippen molar-refractivity contribution in [3.63, 3.8) is 0 Å². The highest BCUT2D eigenvalue weighted by Crippen LogP contribution is 2.14. The third-order valence-electron chi connectivity index (χ3n) is 2.73. The molecule has 21 heavy (non-hydrogen) atoms. The van der Waals surface area contributed by atoms with Crippen LogP contribution in [0.15, 0.2) is 23.1 Å². The van der Waals surface area contributed by atoms with Crippen molar-refractivity contribution in [1.82, 2.24) is 4.72 Å². The van der Waals surface area contributed by atoms with Crippen LogP contribution in [0, 0.1) is 18.7 Å². The normalized spacial score (nSPS) is 12.9. The molecule has 0 heterocycles. The van der Waals surface area contributed by atoms with E-state index in [-0.39, 0.29) is 10.5 Å². The standard InChI is InChI=1S/C12H14FNO6S/c1-7-4-9(2-3-10(7)13)21(19,20)14-6-8(12(17)18)5-11(15)16/h2-4,8,14H,5-6H2,1H3,(H,15,16)(H,17,18). The van der Waals surface area contributed by atoms with Crippen LogP contribution in [0.4, 0.5) is 4.39 Å².